The molecule has 0 aliphatic carbocycles. The number of aliphatic carboxylic acids is 1. The molecule has 4 N–H and O–H groups in total. The molecule has 1 aliphatic heterocycles. The van der Waals surface area contributed by atoms with E-state index in [1.165, 1.54) is 6.92 Å². The summed E-state index contributed by atoms with van der Waals surface area (Å²) in [6.45, 7) is 5.91. The average Bonchev–Trinajstić information content (AvgIpc) is 2.20. The maximum absolute atomic E-state index is 10.8. The van der Waals surface area contributed by atoms with Gasteiger partial charge in [0.25, 0.3) is 0 Å². The molecule has 0 aromatic heterocycles. The average molecular weight is 230 g/mol. The van der Waals surface area contributed by atoms with Crippen LogP contribution >= 0.6 is 0 Å². The molecule has 1 rings (SSSR count). The molecule has 0 aromatic rings. The third-order valence-electron chi connectivity index (χ3n) is 3.49. The summed E-state index contributed by atoms with van der Waals surface area (Å²) >= 11 is 0. The Morgan fingerprint density at radius 1 is 1.62 bits per heavy atom. The van der Waals surface area contributed by atoms with Gasteiger partial charge in [0, 0.05) is 13.1 Å². The zero-order valence-electron chi connectivity index (χ0n) is 10.0. The topological polar surface area (TPSA) is 86.8 Å². The largest absolute Gasteiger partial charge is 0.479 e. The normalized spacial score (nSPS) is 31.0. The molecule has 5 heteroatoms. The number of aliphatic hydroxyl groups is 1. The highest BCUT2D eigenvalue weighted by Gasteiger charge is 2.35. The summed E-state index contributed by atoms with van der Waals surface area (Å²) in [5.74, 6) is -0.190. The summed E-state index contributed by atoms with van der Waals surface area (Å²) in [4.78, 5) is 12.8. The molecule has 0 aromatic carbocycles. The Hall–Kier alpha value is -0.650. The fraction of sp³-hybridized carbons (Fsp3) is 0.909. The lowest BCUT2D eigenvalue weighted by Crippen LogP contribution is -2.51. The van der Waals surface area contributed by atoms with Gasteiger partial charge in [-0.25, -0.2) is 4.79 Å². The van der Waals surface area contributed by atoms with Gasteiger partial charge in [-0.05, 0) is 38.3 Å². The fourth-order valence-electron chi connectivity index (χ4n) is 2.18. The SMILES string of the molecule is CC1CCN(CC(C)(O)C(=O)O)CC1CN. The third kappa shape index (κ3) is 3.17. The molecular formula is C11H22N2O3. The van der Waals surface area contributed by atoms with Crippen LogP contribution in [0.4, 0.5) is 0 Å². The highest BCUT2D eigenvalue weighted by atomic mass is 16.4. The van der Waals surface area contributed by atoms with Crippen LogP contribution in [0.5, 0.6) is 0 Å². The van der Waals surface area contributed by atoms with Crippen molar-refractivity contribution in [1.82, 2.24) is 4.90 Å². The Balaban J connectivity index is 2.53. The van der Waals surface area contributed by atoms with Crippen molar-refractivity contribution in [2.75, 3.05) is 26.2 Å². The minimum atomic E-state index is -1.67. The number of piperidine rings is 1. The molecule has 1 fully saturated rings. The Kier molecular flexibility index (Phi) is 4.29. The number of nitrogens with zero attached hydrogens (tertiary/aromatic N) is 1. The first kappa shape index (κ1) is 13.4. The van der Waals surface area contributed by atoms with Crippen molar-refractivity contribution in [2.45, 2.75) is 25.9 Å². The molecule has 1 aliphatic rings. The van der Waals surface area contributed by atoms with E-state index in [1.54, 1.807) is 0 Å². The van der Waals surface area contributed by atoms with Gasteiger partial charge in [-0.15, -0.1) is 0 Å². The second-order valence-electron chi connectivity index (χ2n) is 5.08. The zero-order valence-corrected chi connectivity index (χ0v) is 10.0. The Labute approximate surface area is 96.2 Å². The summed E-state index contributed by atoms with van der Waals surface area (Å²) in [5, 5.41) is 18.5. The lowest BCUT2D eigenvalue weighted by atomic mass is 9.86. The molecule has 3 atom stereocenters. The molecule has 16 heavy (non-hydrogen) atoms. The first-order chi connectivity index (χ1) is 7.36. The second kappa shape index (κ2) is 5.12. The van der Waals surface area contributed by atoms with Crippen molar-refractivity contribution in [2.24, 2.45) is 17.6 Å². The van der Waals surface area contributed by atoms with Crippen molar-refractivity contribution in [3.8, 4) is 0 Å². The Bertz CT molecular complexity index is 256. The van der Waals surface area contributed by atoms with Crippen LogP contribution in [0.2, 0.25) is 0 Å². The highest BCUT2D eigenvalue weighted by Crippen LogP contribution is 2.23. The third-order valence-corrected chi connectivity index (χ3v) is 3.49. The Morgan fingerprint density at radius 3 is 2.75 bits per heavy atom. The number of β-amino-alcohol motifs (C(OH)–C–C–N with tert-alkyl or cyclic N) is 1. The van der Waals surface area contributed by atoms with E-state index in [0.29, 0.717) is 18.4 Å². The standard InChI is InChI=1S/C11H22N2O3/c1-8-3-4-13(6-9(8)5-12)7-11(2,16)10(14)15/h8-9,16H,3-7,12H2,1-2H3,(H,14,15). The summed E-state index contributed by atoms with van der Waals surface area (Å²) < 4.78 is 0. The lowest BCUT2D eigenvalue weighted by Gasteiger charge is -2.38. The van der Waals surface area contributed by atoms with Crippen molar-refractivity contribution in [3.63, 3.8) is 0 Å². The van der Waals surface area contributed by atoms with Gasteiger partial charge in [0.1, 0.15) is 0 Å². The minimum Gasteiger partial charge on any atom is -0.479 e. The van der Waals surface area contributed by atoms with Crippen LogP contribution in [-0.4, -0.2) is 52.9 Å². The number of carboxylic acids is 1. The van der Waals surface area contributed by atoms with Gasteiger partial charge in [0.05, 0.1) is 0 Å². The summed E-state index contributed by atoms with van der Waals surface area (Å²) in [5.41, 5.74) is 4.01. The quantitative estimate of drug-likeness (QED) is 0.619. The van der Waals surface area contributed by atoms with Crippen LogP contribution in [0.25, 0.3) is 0 Å². The maximum atomic E-state index is 10.8. The van der Waals surface area contributed by atoms with E-state index < -0.39 is 11.6 Å². The monoisotopic (exact) mass is 230 g/mol. The van der Waals surface area contributed by atoms with E-state index in [1.807, 2.05) is 4.90 Å². The molecule has 3 unspecified atom stereocenters. The van der Waals surface area contributed by atoms with E-state index in [-0.39, 0.29) is 6.54 Å². The predicted molar refractivity (Wildman–Crippen MR) is 61.0 cm³/mol. The molecule has 0 bridgehead atoms. The minimum absolute atomic E-state index is 0.172. The Morgan fingerprint density at radius 2 is 2.25 bits per heavy atom. The van der Waals surface area contributed by atoms with Gasteiger partial charge in [0.2, 0.25) is 0 Å². The molecule has 94 valence electrons. The summed E-state index contributed by atoms with van der Waals surface area (Å²) in [7, 11) is 0. The number of carboxylic acid groups (broad SMARTS) is 1. The number of carbonyl (C=O) groups is 1. The zero-order chi connectivity index (χ0) is 12.3. The molecule has 1 heterocycles. The van der Waals surface area contributed by atoms with Gasteiger partial charge in [0.15, 0.2) is 5.60 Å². The molecule has 0 saturated carbocycles. The second-order valence-corrected chi connectivity index (χ2v) is 5.08. The lowest BCUT2D eigenvalue weighted by molar-refractivity contribution is -0.159. The summed E-state index contributed by atoms with van der Waals surface area (Å²) in [6.07, 6.45) is 1.01. The molecule has 1 saturated heterocycles. The first-order valence-electron chi connectivity index (χ1n) is 5.75. The van der Waals surface area contributed by atoms with Crippen molar-refractivity contribution < 1.29 is 15.0 Å². The molecule has 0 amide bonds. The molecule has 5 nitrogen and oxygen atoms in total. The molecule has 0 radical (unpaired) electrons. The van der Waals surface area contributed by atoms with Gasteiger partial charge < -0.3 is 15.9 Å². The van der Waals surface area contributed by atoms with Crippen LogP contribution in [0.15, 0.2) is 0 Å². The van der Waals surface area contributed by atoms with E-state index in [4.69, 9.17) is 10.8 Å². The fourth-order valence-corrected chi connectivity index (χ4v) is 2.18. The van der Waals surface area contributed by atoms with E-state index >= 15 is 0 Å². The smallest absolute Gasteiger partial charge is 0.336 e. The number of hydrogen-bond donors (Lipinski definition) is 3. The van der Waals surface area contributed by atoms with Gasteiger partial charge in [-0.1, -0.05) is 6.92 Å². The summed E-state index contributed by atoms with van der Waals surface area (Å²) in [6, 6.07) is 0. The predicted octanol–water partition coefficient (Wildman–Crippen LogP) is -0.261. The van der Waals surface area contributed by atoms with Gasteiger partial charge in [-0.2, -0.15) is 0 Å². The number of likely N-dealkylation sites (tertiary alicyclic amines) is 1. The number of nitrogens with two attached hydrogens (primary N) is 1. The first-order valence-corrected chi connectivity index (χ1v) is 5.75. The van der Waals surface area contributed by atoms with Gasteiger partial charge >= 0.3 is 5.97 Å². The van der Waals surface area contributed by atoms with E-state index in [0.717, 1.165) is 19.5 Å². The highest BCUT2D eigenvalue weighted by molar-refractivity contribution is 5.76. The van der Waals surface area contributed by atoms with E-state index in [2.05, 4.69) is 6.92 Å². The van der Waals surface area contributed by atoms with Crippen LogP contribution in [-0.2, 0) is 4.79 Å². The number of rotatable bonds is 4. The van der Waals surface area contributed by atoms with Crippen LogP contribution in [0.3, 0.4) is 0 Å². The van der Waals surface area contributed by atoms with Crippen LogP contribution in [0, 0.1) is 11.8 Å². The molecular weight excluding hydrogens is 208 g/mol. The van der Waals surface area contributed by atoms with Crippen LogP contribution in [0.1, 0.15) is 20.3 Å². The van der Waals surface area contributed by atoms with E-state index in [9.17, 15) is 9.90 Å². The maximum Gasteiger partial charge on any atom is 0.336 e. The van der Waals surface area contributed by atoms with Crippen molar-refractivity contribution in [1.29, 1.82) is 0 Å². The number of hydrogen-bond acceptors (Lipinski definition) is 4. The van der Waals surface area contributed by atoms with Crippen molar-refractivity contribution in [3.05, 3.63) is 0 Å². The van der Waals surface area contributed by atoms with Gasteiger partial charge in [-0.3, -0.25) is 4.90 Å². The molecule has 0 spiro atoms. The van der Waals surface area contributed by atoms with Crippen LogP contribution < -0.4 is 5.73 Å². The van der Waals surface area contributed by atoms with Crippen molar-refractivity contribution >= 4 is 5.97 Å².